The molecule has 1 aromatic rings. The molecule has 1 aromatic heterocycles. The van der Waals surface area contributed by atoms with Crippen molar-refractivity contribution in [3.8, 4) is 0 Å². The molecule has 17 heavy (non-hydrogen) atoms. The van der Waals surface area contributed by atoms with Gasteiger partial charge in [0, 0.05) is 23.9 Å². The van der Waals surface area contributed by atoms with Crippen molar-refractivity contribution in [3.63, 3.8) is 0 Å². The molecule has 0 saturated heterocycles. The van der Waals surface area contributed by atoms with Gasteiger partial charge in [0.2, 0.25) is 0 Å². The fraction of sp³-hybridized carbons (Fsp3) is 0.714. The first-order chi connectivity index (χ1) is 8.06. The van der Waals surface area contributed by atoms with E-state index in [0.29, 0.717) is 5.92 Å². The van der Waals surface area contributed by atoms with Crippen LogP contribution in [0.3, 0.4) is 0 Å². The van der Waals surface area contributed by atoms with Crippen molar-refractivity contribution in [2.45, 2.75) is 65.3 Å². The molecule has 0 amide bonds. The van der Waals surface area contributed by atoms with Crippen LogP contribution < -0.4 is 5.73 Å². The minimum Gasteiger partial charge on any atom is -0.327 e. The highest BCUT2D eigenvalue weighted by Crippen LogP contribution is 2.14. The SMILES string of the molecule is CCCc1cc(C(C)C)nc(CC(N)CC)n1. The monoisotopic (exact) mass is 235 g/mol. The number of nitrogens with two attached hydrogens (primary N) is 1. The summed E-state index contributed by atoms with van der Waals surface area (Å²) in [5, 5.41) is 0. The van der Waals surface area contributed by atoms with Gasteiger partial charge in [-0.25, -0.2) is 9.97 Å². The summed E-state index contributed by atoms with van der Waals surface area (Å²) in [6, 6.07) is 2.31. The standard InChI is InChI=1S/C14H25N3/c1-5-7-12-9-13(10(3)4)17-14(16-12)8-11(15)6-2/h9-11H,5-8,15H2,1-4H3. The molecule has 0 spiro atoms. The molecule has 1 atom stereocenters. The number of hydrogen-bond donors (Lipinski definition) is 1. The molecule has 3 nitrogen and oxygen atoms in total. The van der Waals surface area contributed by atoms with E-state index < -0.39 is 0 Å². The lowest BCUT2D eigenvalue weighted by atomic mass is 10.1. The third-order valence-corrected chi connectivity index (χ3v) is 2.91. The molecular formula is C14H25N3. The Morgan fingerprint density at radius 2 is 1.94 bits per heavy atom. The van der Waals surface area contributed by atoms with Crippen LogP contribution >= 0.6 is 0 Å². The predicted octanol–water partition coefficient (Wildman–Crippen LogP) is 2.83. The van der Waals surface area contributed by atoms with Crippen molar-refractivity contribution in [2.75, 3.05) is 0 Å². The second-order valence-electron chi connectivity index (χ2n) is 4.98. The molecule has 1 heterocycles. The van der Waals surface area contributed by atoms with Gasteiger partial charge in [-0.05, 0) is 24.8 Å². The molecule has 2 N–H and O–H groups in total. The first kappa shape index (κ1) is 14.1. The lowest BCUT2D eigenvalue weighted by Gasteiger charge is -2.12. The normalized spacial score (nSPS) is 13.1. The van der Waals surface area contributed by atoms with Crippen molar-refractivity contribution >= 4 is 0 Å². The van der Waals surface area contributed by atoms with Crippen molar-refractivity contribution in [1.82, 2.24) is 9.97 Å². The summed E-state index contributed by atoms with van der Waals surface area (Å²) < 4.78 is 0. The van der Waals surface area contributed by atoms with Gasteiger partial charge in [-0.2, -0.15) is 0 Å². The molecule has 96 valence electrons. The molecule has 0 fully saturated rings. The van der Waals surface area contributed by atoms with E-state index in [-0.39, 0.29) is 6.04 Å². The van der Waals surface area contributed by atoms with E-state index in [4.69, 9.17) is 5.73 Å². The van der Waals surface area contributed by atoms with Gasteiger partial charge >= 0.3 is 0 Å². The smallest absolute Gasteiger partial charge is 0.130 e. The molecule has 1 rings (SSSR count). The zero-order valence-corrected chi connectivity index (χ0v) is 11.5. The van der Waals surface area contributed by atoms with Gasteiger partial charge in [0.25, 0.3) is 0 Å². The van der Waals surface area contributed by atoms with E-state index in [0.717, 1.165) is 42.9 Å². The fourth-order valence-corrected chi connectivity index (χ4v) is 1.73. The van der Waals surface area contributed by atoms with E-state index in [2.05, 4.69) is 43.7 Å². The summed E-state index contributed by atoms with van der Waals surface area (Å²) in [5.74, 6) is 1.36. The van der Waals surface area contributed by atoms with Crippen molar-refractivity contribution in [2.24, 2.45) is 5.73 Å². The van der Waals surface area contributed by atoms with Crippen LogP contribution in [-0.2, 0) is 12.8 Å². The van der Waals surface area contributed by atoms with Gasteiger partial charge in [0.15, 0.2) is 0 Å². The van der Waals surface area contributed by atoms with Crippen LogP contribution in [0.15, 0.2) is 6.07 Å². The van der Waals surface area contributed by atoms with Gasteiger partial charge in [0.1, 0.15) is 5.82 Å². The van der Waals surface area contributed by atoms with E-state index in [9.17, 15) is 0 Å². The number of rotatable bonds is 6. The van der Waals surface area contributed by atoms with Crippen LogP contribution in [0.5, 0.6) is 0 Å². The Morgan fingerprint density at radius 1 is 1.24 bits per heavy atom. The molecule has 0 aliphatic carbocycles. The Bertz CT molecular complexity index is 347. The van der Waals surface area contributed by atoms with Gasteiger partial charge in [0.05, 0.1) is 0 Å². The maximum absolute atomic E-state index is 5.98. The Hall–Kier alpha value is -0.960. The lowest BCUT2D eigenvalue weighted by Crippen LogP contribution is -2.23. The van der Waals surface area contributed by atoms with E-state index in [1.165, 1.54) is 0 Å². The third-order valence-electron chi connectivity index (χ3n) is 2.91. The summed E-state index contributed by atoms with van der Waals surface area (Å²) in [7, 11) is 0. The first-order valence-electron chi connectivity index (χ1n) is 6.69. The molecule has 0 saturated carbocycles. The van der Waals surface area contributed by atoms with Gasteiger partial charge in [-0.15, -0.1) is 0 Å². The van der Waals surface area contributed by atoms with Crippen LogP contribution in [0, 0.1) is 0 Å². The average molecular weight is 235 g/mol. The summed E-state index contributed by atoms with van der Waals surface area (Å²) >= 11 is 0. The van der Waals surface area contributed by atoms with Crippen molar-refractivity contribution in [1.29, 1.82) is 0 Å². The highest BCUT2D eigenvalue weighted by Gasteiger charge is 2.10. The number of aromatic nitrogens is 2. The van der Waals surface area contributed by atoms with Crippen LogP contribution in [0.1, 0.15) is 63.7 Å². The van der Waals surface area contributed by atoms with Gasteiger partial charge < -0.3 is 5.73 Å². The number of aryl methyl sites for hydroxylation is 1. The predicted molar refractivity (Wildman–Crippen MR) is 72.1 cm³/mol. The lowest BCUT2D eigenvalue weighted by molar-refractivity contribution is 0.614. The van der Waals surface area contributed by atoms with Crippen LogP contribution in [0.4, 0.5) is 0 Å². The zero-order valence-electron chi connectivity index (χ0n) is 11.5. The highest BCUT2D eigenvalue weighted by atomic mass is 14.9. The van der Waals surface area contributed by atoms with Crippen LogP contribution in [-0.4, -0.2) is 16.0 Å². The Kier molecular flexibility index (Phi) is 5.56. The summed E-state index contributed by atoms with van der Waals surface area (Å²) in [6.45, 7) is 8.61. The second-order valence-corrected chi connectivity index (χ2v) is 4.98. The van der Waals surface area contributed by atoms with Crippen molar-refractivity contribution < 1.29 is 0 Å². The maximum Gasteiger partial charge on any atom is 0.130 e. The fourth-order valence-electron chi connectivity index (χ4n) is 1.73. The molecule has 1 unspecified atom stereocenters. The Labute approximate surface area is 105 Å². The minimum absolute atomic E-state index is 0.173. The molecule has 0 radical (unpaired) electrons. The van der Waals surface area contributed by atoms with Gasteiger partial charge in [-0.1, -0.05) is 34.1 Å². The van der Waals surface area contributed by atoms with Gasteiger partial charge in [-0.3, -0.25) is 0 Å². The topological polar surface area (TPSA) is 51.8 Å². The Balaban J connectivity index is 2.94. The van der Waals surface area contributed by atoms with E-state index >= 15 is 0 Å². The highest BCUT2D eigenvalue weighted by molar-refractivity contribution is 5.15. The molecular weight excluding hydrogens is 210 g/mol. The molecule has 0 aliphatic rings. The maximum atomic E-state index is 5.98. The molecule has 0 aliphatic heterocycles. The second kappa shape index (κ2) is 6.70. The minimum atomic E-state index is 0.173. The van der Waals surface area contributed by atoms with E-state index in [1.807, 2.05) is 0 Å². The van der Waals surface area contributed by atoms with Crippen LogP contribution in [0.25, 0.3) is 0 Å². The average Bonchev–Trinajstić information content (AvgIpc) is 2.29. The first-order valence-corrected chi connectivity index (χ1v) is 6.69. The Morgan fingerprint density at radius 3 is 2.47 bits per heavy atom. The zero-order chi connectivity index (χ0) is 12.8. The molecule has 3 heteroatoms. The third kappa shape index (κ3) is 4.43. The molecule has 0 bridgehead atoms. The summed E-state index contributed by atoms with van der Waals surface area (Å²) in [6.07, 6.45) is 3.90. The van der Waals surface area contributed by atoms with Crippen LogP contribution in [0.2, 0.25) is 0 Å². The van der Waals surface area contributed by atoms with Crippen molar-refractivity contribution in [3.05, 3.63) is 23.3 Å². The molecule has 0 aromatic carbocycles. The largest absolute Gasteiger partial charge is 0.327 e. The van der Waals surface area contributed by atoms with E-state index in [1.54, 1.807) is 0 Å². The number of hydrogen-bond acceptors (Lipinski definition) is 3. The summed E-state index contributed by atoms with van der Waals surface area (Å²) in [5.41, 5.74) is 8.27. The number of nitrogens with zero attached hydrogens (tertiary/aromatic N) is 2. The quantitative estimate of drug-likeness (QED) is 0.825. The summed E-state index contributed by atoms with van der Waals surface area (Å²) in [4.78, 5) is 9.21.